The molecule has 0 bridgehead atoms. The Morgan fingerprint density at radius 1 is 1.32 bits per heavy atom. The number of nitrogens with zero attached hydrogens (tertiary/aromatic N) is 2. The molecular formula is C17H27FN4. The Labute approximate surface area is 132 Å². The largest absolute Gasteiger partial charge is 0.356 e. The van der Waals surface area contributed by atoms with E-state index in [2.05, 4.69) is 27.4 Å². The van der Waals surface area contributed by atoms with Crippen molar-refractivity contribution < 1.29 is 4.39 Å². The molecule has 1 atom stereocenters. The molecule has 0 saturated carbocycles. The van der Waals surface area contributed by atoms with Crippen LogP contribution in [0.2, 0.25) is 0 Å². The second-order valence-corrected chi connectivity index (χ2v) is 5.89. The van der Waals surface area contributed by atoms with Crippen molar-refractivity contribution in [3.05, 3.63) is 35.6 Å². The summed E-state index contributed by atoms with van der Waals surface area (Å²) in [5.74, 6) is 1.29. The SMILES string of the molecule is CCCN1CCC(CNC(=NC)NCc2ccc(F)cc2)C1. The number of hydrogen-bond acceptors (Lipinski definition) is 2. The summed E-state index contributed by atoms with van der Waals surface area (Å²) in [6.45, 7) is 7.41. The lowest BCUT2D eigenvalue weighted by Gasteiger charge is -2.17. The van der Waals surface area contributed by atoms with Crippen LogP contribution >= 0.6 is 0 Å². The van der Waals surface area contributed by atoms with Crippen molar-refractivity contribution in [2.45, 2.75) is 26.3 Å². The van der Waals surface area contributed by atoms with Crippen LogP contribution in [0.1, 0.15) is 25.3 Å². The zero-order valence-electron chi connectivity index (χ0n) is 13.6. The maximum atomic E-state index is 12.9. The van der Waals surface area contributed by atoms with Crippen LogP contribution in [0.15, 0.2) is 29.3 Å². The number of likely N-dealkylation sites (tertiary alicyclic amines) is 1. The minimum absolute atomic E-state index is 0.205. The van der Waals surface area contributed by atoms with Crippen molar-refractivity contribution in [1.29, 1.82) is 0 Å². The van der Waals surface area contributed by atoms with Crippen molar-refractivity contribution >= 4 is 5.96 Å². The fourth-order valence-electron chi connectivity index (χ4n) is 2.85. The Hall–Kier alpha value is -1.62. The molecule has 0 aromatic heterocycles. The number of nitrogens with one attached hydrogen (secondary N) is 2. The van der Waals surface area contributed by atoms with Gasteiger partial charge in [-0.3, -0.25) is 4.99 Å². The highest BCUT2D eigenvalue weighted by Gasteiger charge is 2.21. The number of rotatable bonds is 6. The molecular weight excluding hydrogens is 279 g/mol. The van der Waals surface area contributed by atoms with Crippen LogP contribution in [0.4, 0.5) is 4.39 Å². The fraction of sp³-hybridized carbons (Fsp3) is 0.588. The zero-order valence-corrected chi connectivity index (χ0v) is 13.6. The van der Waals surface area contributed by atoms with Crippen LogP contribution < -0.4 is 10.6 Å². The summed E-state index contributed by atoms with van der Waals surface area (Å²) in [4.78, 5) is 6.77. The van der Waals surface area contributed by atoms with E-state index in [4.69, 9.17) is 0 Å². The molecule has 0 aliphatic carbocycles. The van der Waals surface area contributed by atoms with E-state index < -0.39 is 0 Å². The molecule has 2 N–H and O–H groups in total. The molecule has 1 aromatic rings. The minimum Gasteiger partial charge on any atom is -0.356 e. The third kappa shape index (κ3) is 5.30. The Kier molecular flexibility index (Phi) is 6.65. The third-order valence-electron chi connectivity index (χ3n) is 4.06. The van der Waals surface area contributed by atoms with Gasteiger partial charge < -0.3 is 15.5 Å². The van der Waals surface area contributed by atoms with Crippen molar-refractivity contribution in [3.8, 4) is 0 Å². The van der Waals surface area contributed by atoms with E-state index in [0.717, 1.165) is 18.1 Å². The van der Waals surface area contributed by atoms with Gasteiger partial charge in [-0.15, -0.1) is 0 Å². The third-order valence-corrected chi connectivity index (χ3v) is 4.06. The number of guanidine groups is 1. The molecule has 5 heteroatoms. The predicted octanol–water partition coefficient (Wildman–Crippen LogP) is 2.22. The maximum absolute atomic E-state index is 12.9. The second-order valence-electron chi connectivity index (χ2n) is 5.89. The van der Waals surface area contributed by atoms with Gasteiger partial charge in [0.05, 0.1) is 0 Å². The van der Waals surface area contributed by atoms with Gasteiger partial charge in [-0.05, 0) is 49.5 Å². The first kappa shape index (κ1) is 16.7. The number of hydrogen-bond donors (Lipinski definition) is 2. The molecule has 2 rings (SSSR count). The lowest BCUT2D eigenvalue weighted by molar-refractivity contribution is 0.324. The Balaban J connectivity index is 1.70. The van der Waals surface area contributed by atoms with Gasteiger partial charge in [0.2, 0.25) is 0 Å². The summed E-state index contributed by atoms with van der Waals surface area (Å²) in [6, 6.07) is 6.53. The van der Waals surface area contributed by atoms with Crippen LogP contribution in [0.5, 0.6) is 0 Å². The quantitative estimate of drug-likeness (QED) is 0.625. The van der Waals surface area contributed by atoms with Gasteiger partial charge in [0.15, 0.2) is 5.96 Å². The maximum Gasteiger partial charge on any atom is 0.191 e. The molecule has 22 heavy (non-hydrogen) atoms. The van der Waals surface area contributed by atoms with Gasteiger partial charge >= 0.3 is 0 Å². The molecule has 1 aromatic carbocycles. The molecule has 1 unspecified atom stereocenters. The molecule has 122 valence electrons. The van der Waals surface area contributed by atoms with Gasteiger partial charge in [0.1, 0.15) is 5.82 Å². The molecule has 0 radical (unpaired) electrons. The van der Waals surface area contributed by atoms with Crippen LogP contribution in [-0.2, 0) is 6.54 Å². The van der Waals surface area contributed by atoms with E-state index in [1.54, 1.807) is 19.2 Å². The Morgan fingerprint density at radius 2 is 2.09 bits per heavy atom. The molecule has 0 amide bonds. The first-order valence-electron chi connectivity index (χ1n) is 8.12. The summed E-state index contributed by atoms with van der Waals surface area (Å²) in [7, 11) is 1.78. The first-order chi connectivity index (χ1) is 10.7. The summed E-state index contributed by atoms with van der Waals surface area (Å²) >= 11 is 0. The van der Waals surface area contributed by atoms with E-state index >= 15 is 0 Å². The average Bonchev–Trinajstić information content (AvgIpc) is 2.97. The van der Waals surface area contributed by atoms with E-state index in [-0.39, 0.29) is 5.82 Å². The molecule has 0 spiro atoms. The van der Waals surface area contributed by atoms with Crippen LogP contribution in [-0.4, -0.2) is 44.1 Å². The Morgan fingerprint density at radius 3 is 2.77 bits per heavy atom. The van der Waals surface area contributed by atoms with E-state index in [1.807, 2.05) is 0 Å². The van der Waals surface area contributed by atoms with Crippen molar-refractivity contribution in [2.24, 2.45) is 10.9 Å². The topological polar surface area (TPSA) is 39.7 Å². The zero-order chi connectivity index (χ0) is 15.8. The van der Waals surface area contributed by atoms with Crippen molar-refractivity contribution in [2.75, 3.05) is 33.2 Å². The van der Waals surface area contributed by atoms with Crippen molar-refractivity contribution in [3.63, 3.8) is 0 Å². The highest BCUT2D eigenvalue weighted by atomic mass is 19.1. The lowest BCUT2D eigenvalue weighted by Crippen LogP contribution is -2.39. The van der Waals surface area contributed by atoms with Crippen LogP contribution in [0, 0.1) is 11.7 Å². The molecule has 1 heterocycles. The van der Waals surface area contributed by atoms with Gasteiger partial charge in [0, 0.05) is 26.7 Å². The summed E-state index contributed by atoms with van der Waals surface area (Å²) in [5, 5.41) is 6.66. The van der Waals surface area contributed by atoms with Gasteiger partial charge in [-0.25, -0.2) is 4.39 Å². The lowest BCUT2D eigenvalue weighted by atomic mass is 10.1. The number of halogens is 1. The second kappa shape index (κ2) is 8.73. The molecule has 4 nitrogen and oxygen atoms in total. The molecule has 1 saturated heterocycles. The number of benzene rings is 1. The molecule has 1 aliphatic rings. The van der Waals surface area contributed by atoms with Crippen LogP contribution in [0.25, 0.3) is 0 Å². The summed E-state index contributed by atoms with van der Waals surface area (Å²) in [6.07, 6.45) is 2.48. The fourth-order valence-corrected chi connectivity index (χ4v) is 2.85. The van der Waals surface area contributed by atoms with E-state index in [1.165, 1.54) is 44.6 Å². The van der Waals surface area contributed by atoms with Crippen LogP contribution in [0.3, 0.4) is 0 Å². The molecule has 1 fully saturated rings. The highest BCUT2D eigenvalue weighted by molar-refractivity contribution is 5.79. The van der Waals surface area contributed by atoms with Gasteiger partial charge in [-0.1, -0.05) is 19.1 Å². The average molecular weight is 306 g/mol. The molecule has 1 aliphatic heterocycles. The van der Waals surface area contributed by atoms with Gasteiger partial charge in [-0.2, -0.15) is 0 Å². The van der Waals surface area contributed by atoms with E-state index in [9.17, 15) is 4.39 Å². The minimum atomic E-state index is -0.205. The van der Waals surface area contributed by atoms with Crippen molar-refractivity contribution in [1.82, 2.24) is 15.5 Å². The monoisotopic (exact) mass is 306 g/mol. The summed E-state index contributed by atoms with van der Waals surface area (Å²) < 4.78 is 12.9. The van der Waals surface area contributed by atoms with Gasteiger partial charge in [0.25, 0.3) is 0 Å². The van der Waals surface area contributed by atoms with E-state index in [0.29, 0.717) is 12.5 Å². The smallest absolute Gasteiger partial charge is 0.191 e. The summed E-state index contributed by atoms with van der Waals surface area (Å²) in [5.41, 5.74) is 1.04. The standard InChI is InChI=1S/C17H27FN4/c1-3-9-22-10-8-15(13-22)12-21-17(19-2)20-11-14-4-6-16(18)7-5-14/h4-7,15H,3,8-13H2,1-2H3,(H2,19,20,21). The number of aliphatic imine (C=N–C) groups is 1. The first-order valence-corrected chi connectivity index (χ1v) is 8.12. The predicted molar refractivity (Wildman–Crippen MR) is 89.4 cm³/mol. The Bertz CT molecular complexity index is 472. The highest BCUT2D eigenvalue weighted by Crippen LogP contribution is 2.15. The normalized spacial score (nSPS) is 19.4.